The number of piperazine rings is 1. The van der Waals surface area contributed by atoms with Gasteiger partial charge in [0.1, 0.15) is 11.8 Å². The van der Waals surface area contributed by atoms with Crippen LogP contribution in [0.5, 0.6) is 5.75 Å². The van der Waals surface area contributed by atoms with Crippen LogP contribution >= 0.6 is 0 Å². The van der Waals surface area contributed by atoms with E-state index < -0.39 is 22.0 Å². The largest absolute Gasteiger partial charge is 0.494 e. The number of carboxylic acids is 1. The number of hydrogen-bond acceptors (Lipinski definition) is 6. The molecular formula is C19H24N4O6S. The summed E-state index contributed by atoms with van der Waals surface area (Å²) in [4.78, 5) is 25.5. The van der Waals surface area contributed by atoms with Gasteiger partial charge in [0.25, 0.3) is 0 Å². The maximum atomic E-state index is 12.9. The Bertz CT molecular complexity index is 1010. The minimum atomic E-state index is -3.66. The van der Waals surface area contributed by atoms with E-state index in [-0.39, 0.29) is 42.5 Å². The Labute approximate surface area is 174 Å². The number of sulfonamides is 1. The lowest BCUT2D eigenvalue weighted by atomic mass is 10.2. The first-order valence-electron chi connectivity index (χ1n) is 9.53. The number of rotatable bonds is 7. The molecule has 1 saturated heterocycles. The number of carbonyl (C=O) groups excluding carboxylic acids is 1. The number of carboxylic acid groups (broad SMARTS) is 1. The molecule has 1 aliphatic rings. The molecule has 1 aliphatic heterocycles. The summed E-state index contributed by atoms with van der Waals surface area (Å²) in [6, 6.07) is 5.57. The second-order valence-corrected chi connectivity index (χ2v) is 8.76. The highest BCUT2D eigenvalue weighted by Crippen LogP contribution is 2.22. The van der Waals surface area contributed by atoms with Crippen LogP contribution in [-0.4, -0.2) is 77.2 Å². The van der Waals surface area contributed by atoms with Gasteiger partial charge in [0, 0.05) is 32.4 Å². The molecule has 30 heavy (non-hydrogen) atoms. The van der Waals surface area contributed by atoms with Gasteiger partial charge in [-0.25, -0.2) is 13.2 Å². The Hall–Kier alpha value is -2.92. The molecule has 1 aromatic carbocycles. The van der Waals surface area contributed by atoms with Gasteiger partial charge in [-0.3, -0.25) is 9.48 Å². The molecule has 0 aliphatic carbocycles. The van der Waals surface area contributed by atoms with Gasteiger partial charge < -0.3 is 14.7 Å². The summed E-state index contributed by atoms with van der Waals surface area (Å²) in [7, 11) is -3.66. The summed E-state index contributed by atoms with van der Waals surface area (Å²) in [5, 5.41) is 12.9. The van der Waals surface area contributed by atoms with Crippen molar-refractivity contribution in [2.24, 2.45) is 0 Å². The van der Waals surface area contributed by atoms with Crippen molar-refractivity contribution in [3.05, 3.63) is 42.2 Å². The van der Waals surface area contributed by atoms with Crippen LogP contribution in [0.15, 0.2) is 41.6 Å². The van der Waals surface area contributed by atoms with Crippen molar-refractivity contribution >= 4 is 21.9 Å². The summed E-state index contributed by atoms with van der Waals surface area (Å²) < 4.78 is 33.7. The van der Waals surface area contributed by atoms with E-state index in [2.05, 4.69) is 5.10 Å². The fraction of sp³-hybridized carbons (Fsp3) is 0.421. The third kappa shape index (κ3) is 4.46. The van der Waals surface area contributed by atoms with Gasteiger partial charge in [-0.15, -0.1) is 0 Å². The van der Waals surface area contributed by atoms with Crippen LogP contribution in [-0.2, 0) is 14.8 Å². The highest BCUT2D eigenvalue weighted by atomic mass is 32.2. The second-order valence-electron chi connectivity index (χ2n) is 6.82. The monoisotopic (exact) mass is 436 g/mol. The molecule has 0 bridgehead atoms. The first-order chi connectivity index (χ1) is 14.2. The highest BCUT2D eigenvalue weighted by molar-refractivity contribution is 7.89. The fourth-order valence-electron chi connectivity index (χ4n) is 3.21. The predicted octanol–water partition coefficient (Wildman–Crippen LogP) is 1.07. The average Bonchev–Trinajstić information content (AvgIpc) is 3.24. The third-order valence-electron chi connectivity index (χ3n) is 4.93. The van der Waals surface area contributed by atoms with E-state index in [1.54, 1.807) is 24.0 Å². The van der Waals surface area contributed by atoms with Gasteiger partial charge in [0.05, 0.1) is 23.3 Å². The van der Waals surface area contributed by atoms with Crippen LogP contribution in [0.2, 0.25) is 0 Å². The van der Waals surface area contributed by atoms with Crippen molar-refractivity contribution in [2.75, 3.05) is 32.8 Å². The number of ether oxygens (including phenoxy) is 1. The molecule has 1 atom stereocenters. The van der Waals surface area contributed by atoms with Crippen LogP contribution < -0.4 is 4.74 Å². The topological polar surface area (TPSA) is 122 Å². The molecule has 1 fully saturated rings. The molecule has 11 heteroatoms. The van der Waals surface area contributed by atoms with Crippen molar-refractivity contribution in [2.45, 2.75) is 24.8 Å². The molecule has 3 rings (SSSR count). The number of hydrogen-bond donors (Lipinski definition) is 1. The van der Waals surface area contributed by atoms with Crippen LogP contribution in [0.3, 0.4) is 0 Å². The van der Waals surface area contributed by atoms with Gasteiger partial charge in [-0.1, -0.05) is 0 Å². The van der Waals surface area contributed by atoms with Crippen molar-refractivity contribution in [3.8, 4) is 5.75 Å². The normalized spacial score (nSPS) is 16.3. The molecule has 0 radical (unpaired) electrons. The quantitative estimate of drug-likeness (QED) is 0.689. The van der Waals surface area contributed by atoms with E-state index in [4.69, 9.17) is 9.84 Å². The molecule has 2 heterocycles. The first kappa shape index (κ1) is 21.8. The van der Waals surface area contributed by atoms with Crippen molar-refractivity contribution in [1.82, 2.24) is 19.0 Å². The summed E-state index contributed by atoms with van der Waals surface area (Å²) >= 11 is 0. The molecular weight excluding hydrogens is 412 g/mol. The molecule has 162 valence electrons. The van der Waals surface area contributed by atoms with Crippen molar-refractivity contribution < 1.29 is 27.9 Å². The maximum absolute atomic E-state index is 12.9. The predicted molar refractivity (Wildman–Crippen MR) is 107 cm³/mol. The fourth-order valence-corrected chi connectivity index (χ4v) is 4.63. The van der Waals surface area contributed by atoms with Crippen molar-refractivity contribution in [3.63, 3.8) is 0 Å². The summed E-state index contributed by atoms with van der Waals surface area (Å²) in [5.41, 5.74) is 0.000850. The lowest BCUT2D eigenvalue weighted by Gasteiger charge is -2.35. The van der Waals surface area contributed by atoms with Gasteiger partial charge in [-0.2, -0.15) is 9.40 Å². The Balaban J connectivity index is 1.63. The molecule has 1 unspecified atom stereocenters. The molecule has 10 nitrogen and oxygen atoms in total. The number of aromatic carboxylic acids is 1. The summed E-state index contributed by atoms with van der Waals surface area (Å²) in [6.45, 7) is 4.81. The molecule has 0 saturated carbocycles. The van der Waals surface area contributed by atoms with E-state index in [1.807, 2.05) is 6.92 Å². The smallest absolute Gasteiger partial charge is 0.338 e. The maximum Gasteiger partial charge on any atom is 0.338 e. The van der Waals surface area contributed by atoms with Crippen LogP contribution in [0.1, 0.15) is 30.2 Å². The highest BCUT2D eigenvalue weighted by Gasteiger charge is 2.32. The van der Waals surface area contributed by atoms with Crippen LogP contribution in [0, 0.1) is 0 Å². The zero-order valence-corrected chi connectivity index (χ0v) is 17.6. The Kier molecular flexibility index (Phi) is 6.42. The Morgan fingerprint density at radius 1 is 1.17 bits per heavy atom. The van der Waals surface area contributed by atoms with E-state index >= 15 is 0 Å². The summed E-state index contributed by atoms with van der Waals surface area (Å²) in [6.07, 6.45) is 2.49. The summed E-state index contributed by atoms with van der Waals surface area (Å²) in [5.74, 6) is -0.757. The molecule has 1 amide bonds. The number of aromatic nitrogens is 2. The first-order valence-corrected chi connectivity index (χ1v) is 11.0. The molecule has 1 aromatic heterocycles. The van der Waals surface area contributed by atoms with Gasteiger partial charge in [-0.05, 0) is 38.1 Å². The van der Waals surface area contributed by atoms with Crippen molar-refractivity contribution in [1.29, 1.82) is 0 Å². The van der Waals surface area contributed by atoms with Gasteiger partial charge in [0.15, 0.2) is 0 Å². The van der Waals surface area contributed by atoms with E-state index in [0.29, 0.717) is 12.4 Å². The van der Waals surface area contributed by atoms with E-state index in [0.717, 1.165) is 0 Å². The second kappa shape index (κ2) is 8.84. The standard InChI is InChI=1S/C19H24N4O6S/c1-3-29-16-4-6-17(7-5-16)30(27,28)22-10-8-21(9-11-22)18(24)14(2)23-13-15(12-20-23)19(25)26/h4-7,12-14H,3,8-11H2,1-2H3,(H,25,26). The van der Waals surface area contributed by atoms with Crippen LogP contribution in [0.25, 0.3) is 0 Å². The SMILES string of the molecule is CCOc1ccc(S(=O)(=O)N2CCN(C(=O)C(C)n3cc(C(=O)O)cn3)CC2)cc1. The third-order valence-corrected chi connectivity index (χ3v) is 6.84. The Morgan fingerprint density at radius 3 is 2.33 bits per heavy atom. The van der Waals surface area contributed by atoms with Gasteiger partial charge >= 0.3 is 5.97 Å². The minimum absolute atomic E-state index is 0.000850. The lowest BCUT2D eigenvalue weighted by molar-refractivity contribution is -0.135. The van der Waals surface area contributed by atoms with E-state index in [9.17, 15) is 18.0 Å². The minimum Gasteiger partial charge on any atom is -0.494 e. The number of carbonyl (C=O) groups is 2. The number of benzene rings is 1. The molecule has 1 N–H and O–H groups in total. The molecule has 0 spiro atoms. The zero-order chi connectivity index (χ0) is 21.9. The van der Waals surface area contributed by atoms with Gasteiger partial charge in [0.2, 0.25) is 15.9 Å². The average molecular weight is 436 g/mol. The van der Waals surface area contributed by atoms with E-state index in [1.165, 1.54) is 33.5 Å². The number of amides is 1. The molecule has 2 aromatic rings. The van der Waals surface area contributed by atoms with Crippen LogP contribution in [0.4, 0.5) is 0 Å². The number of nitrogens with zero attached hydrogens (tertiary/aromatic N) is 4. The lowest BCUT2D eigenvalue weighted by Crippen LogP contribution is -2.51. The zero-order valence-electron chi connectivity index (χ0n) is 16.8. The Morgan fingerprint density at radius 2 is 1.80 bits per heavy atom.